The van der Waals surface area contributed by atoms with E-state index in [1.807, 2.05) is 17.8 Å². The highest BCUT2D eigenvalue weighted by Gasteiger charge is 2.27. The zero-order chi connectivity index (χ0) is 14.5. The average Bonchev–Trinajstić information content (AvgIpc) is 2.83. The van der Waals surface area contributed by atoms with Crippen molar-refractivity contribution < 1.29 is 4.79 Å². The molecule has 1 aromatic heterocycles. The van der Waals surface area contributed by atoms with Crippen molar-refractivity contribution in [2.45, 2.75) is 19.9 Å². The van der Waals surface area contributed by atoms with E-state index in [2.05, 4.69) is 34.4 Å². The maximum absolute atomic E-state index is 12.0. The fraction of sp³-hybridized carbons (Fsp3) is 0.714. The zero-order valence-corrected chi connectivity index (χ0v) is 12.6. The molecule has 1 atom stereocenters. The van der Waals surface area contributed by atoms with E-state index in [1.54, 1.807) is 6.20 Å². The lowest BCUT2D eigenvalue weighted by atomic mass is 10.1. The lowest BCUT2D eigenvalue weighted by molar-refractivity contribution is -0.123. The van der Waals surface area contributed by atoms with Gasteiger partial charge in [-0.3, -0.25) is 9.69 Å². The Bertz CT molecular complexity index is 443. The van der Waals surface area contributed by atoms with Crippen LogP contribution in [0, 0.1) is 5.92 Å². The molecule has 1 aromatic rings. The van der Waals surface area contributed by atoms with Crippen molar-refractivity contribution in [2.24, 2.45) is 13.0 Å². The number of hydrogen-bond acceptors (Lipinski definition) is 4. The highest BCUT2D eigenvalue weighted by Crippen LogP contribution is 2.19. The first-order valence-corrected chi connectivity index (χ1v) is 7.26. The maximum Gasteiger partial charge on any atom is 0.234 e. The molecule has 1 amide bonds. The standard InChI is InChI=1S/C14H25N5O/c1-11(2)8-17-13(20)10-19-7-4-15-9-12(19)14-16-5-6-18(14)3/h5-6,11-12,15H,4,7-10H2,1-3H3,(H,17,20). The summed E-state index contributed by atoms with van der Waals surface area (Å²) in [6, 6.07) is 0.161. The minimum Gasteiger partial charge on any atom is -0.355 e. The van der Waals surface area contributed by atoms with E-state index in [0.29, 0.717) is 12.5 Å². The second kappa shape index (κ2) is 6.85. The van der Waals surface area contributed by atoms with Gasteiger partial charge in [-0.1, -0.05) is 13.8 Å². The monoisotopic (exact) mass is 279 g/mol. The molecule has 2 heterocycles. The first kappa shape index (κ1) is 15.0. The van der Waals surface area contributed by atoms with Crippen LogP contribution in [0.2, 0.25) is 0 Å². The van der Waals surface area contributed by atoms with Crippen molar-refractivity contribution >= 4 is 5.91 Å². The molecule has 1 aliphatic heterocycles. The quantitative estimate of drug-likeness (QED) is 0.805. The molecule has 1 aliphatic rings. The number of nitrogens with one attached hydrogen (secondary N) is 2. The van der Waals surface area contributed by atoms with Gasteiger partial charge in [0.2, 0.25) is 5.91 Å². The highest BCUT2D eigenvalue weighted by molar-refractivity contribution is 5.78. The minimum absolute atomic E-state index is 0.0970. The van der Waals surface area contributed by atoms with E-state index in [-0.39, 0.29) is 11.9 Å². The SMILES string of the molecule is CC(C)CNC(=O)CN1CCNCC1c1nccn1C. The highest BCUT2D eigenvalue weighted by atomic mass is 16.2. The molecule has 112 valence electrons. The summed E-state index contributed by atoms with van der Waals surface area (Å²) in [7, 11) is 1.99. The van der Waals surface area contributed by atoms with Crippen LogP contribution in [0.3, 0.4) is 0 Å². The maximum atomic E-state index is 12.0. The van der Waals surface area contributed by atoms with Crippen molar-refractivity contribution in [1.29, 1.82) is 0 Å². The molecular weight excluding hydrogens is 254 g/mol. The minimum atomic E-state index is 0.0970. The molecule has 1 fully saturated rings. The predicted octanol–water partition coefficient (Wildman–Crippen LogP) is 0.139. The molecule has 0 aliphatic carbocycles. The third-order valence-corrected chi connectivity index (χ3v) is 3.56. The molecule has 1 unspecified atom stereocenters. The summed E-state index contributed by atoms with van der Waals surface area (Å²) in [5, 5.41) is 6.36. The number of rotatable bonds is 5. The molecule has 2 N–H and O–H groups in total. The van der Waals surface area contributed by atoms with Gasteiger partial charge in [-0.2, -0.15) is 0 Å². The number of aryl methyl sites for hydroxylation is 1. The van der Waals surface area contributed by atoms with Crippen LogP contribution in [-0.4, -0.2) is 53.1 Å². The van der Waals surface area contributed by atoms with E-state index < -0.39 is 0 Å². The van der Waals surface area contributed by atoms with Gasteiger partial charge in [0.05, 0.1) is 12.6 Å². The fourth-order valence-corrected chi connectivity index (χ4v) is 2.45. The zero-order valence-electron chi connectivity index (χ0n) is 12.6. The predicted molar refractivity (Wildman–Crippen MR) is 78.2 cm³/mol. The lowest BCUT2D eigenvalue weighted by Gasteiger charge is -2.35. The van der Waals surface area contributed by atoms with Gasteiger partial charge in [0, 0.05) is 45.6 Å². The first-order chi connectivity index (χ1) is 9.58. The second-order valence-corrected chi connectivity index (χ2v) is 5.78. The van der Waals surface area contributed by atoms with Crippen molar-refractivity contribution in [3.05, 3.63) is 18.2 Å². The smallest absolute Gasteiger partial charge is 0.234 e. The summed E-state index contributed by atoms with van der Waals surface area (Å²) >= 11 is 0. The fourth-order valence-electron chi connectivity index (χ4n) is 2.45. The number of aromatic nitrogens is 2. The Morgan fingerprint density at radius 1 is 1.60 bits per heavy atom. The number of carbonyl (C=O) groups is 1. The van der Waals surface area contributed by atoms with E-state index in [0.717, 1.165) is 32.0 Å². The van der Waals surface area contributed by atoms with Gasteiger partial charge in [-0.15, -0.1) is 0 Å². The number of amides is 1. The van der Waals surface area contributed by atoms with Crippen LogP contribution in [0.1, 0.15) is 25.7 Å². The van der Waals surface area contributed by atoms with Crippen LogP contribution < -0.4 is 10.6 Å². The van der Waals surface area contributed by atoms with Gasteiger partial charge in [-0.05, 0) is 5.92 Å². The number of imidazole rings is 1. The van der Waals surface area contributed by atoms with Crippen LogP contribution >= 0.6 is 0 Å². The second-order valence-electron chi connectivity index (χ2n) is 5.78. The van der Waals surface area contributed by atoms with Crippen LogP contribution in [0.5, 0.6) is 0 Å². The van der Waals surface area contributed by atoms with Crippen LogP contribution in [-0.2, 0) is 11.8 Å². The summed E-state index contributed by atoms with van der Waals surface area (Å²) in [4.78, 5) is 18.6. The normalized spacial score (nSPS) is 20.3. The topological polar surface area (TPSA) is 62.2 Å². The van der Waals surface area contributed by atoms with Gasteiger partial charge in [0.1, 0.15) is 5.82 Å². The Balaban J connectivity index is 1.97. The Morgan fingerprint density at radius 2 is 2.40 bits per heavy atom. The largest absolute Gasteiger partial charge is 0.355 e. The Morgan fingerprint density at radius 3 is 3.05 bits per heavy atom. The molecule has 2 rings (SSSR count). The Hall–Kier alpha value is -1.40. The van der Waals surface area contributed by atoms with E-state index in [4.69, 9.17) is 0 Å². The molecule has 0 bridgehead atoms. The Kier molecular flexibility index (Phi) is 5.14. The van der Waals surface area contributed by atoms with E-state index in [1.165, 1.54) is 0 Å². The number of piperazine rings is 1. The van der Waals surface area contributed by atoms with Gasteiger partial charge in [-0.25, -0.2) is 4.98 Å². The molecule has 20 heavy (non-hydrogen) atoms. The van der Waals surface area contributed by atoms with Crippen LogP contribution in [0.4, 0.5) is 0 Å². The molecule has 0 spiro atoms. The van der Waals surface area contributed by atoms with Crippen LogP contribution in [0.15, 0.2) is 12.4 Å². The van der Waals surface area contributed by atoms with E-state index >= 15 is 0 Å². The summed E-state index contributed by atoms with van der Waals surface area (Å²) < 4.78 is 2.02. The number of hydrogen-bond donors (Lipinski definition) is 2. The summed E-state index contributed by atoms with van der Waals surface area (Å²) in [6.07, 6.45) is 3.75. The average molecular weight is 279 g/mol. The summed E-state index contributed by atoms with van der Waals surface area (Å²) in [5.74, 6) is 1.58. The molecular formula is C14H25N5O. The van der Waals surface area contributed by atoms with Crippen molar-refractivity contribution in [3.63, 3.8) is 0 Å². The third-order valence-electron chi connectivity index (χ3n) is 3.56. The van der Waals surface area contributed by atoms with Gasteiger partial charge >= 0.3 is 0 Å². The molecule has 1 saturated heterocycles. The van der Waals surface area contributed by atoms with Crippen LogP contribution in [0.25, 0.3) is 0 Å². The number of carbonyl (C=O) groups excluding carboxylic acids is 1. The van der Waals surface area contributed by atoms with Crippen molar-refractivity contribution in [3.8, 4) is 0 Å². The summed E-state index contributed by atoms with van der Waals surface area (Å²) in [6.45, 7) is 7.99. The van der Waals surface area contributed by atoms with Crippen molar-refractivity contribution in [1.82, 2.24) is 25.1 Å². The van der Waals surface area contributed by atoms with E-state index in [9.17, 15) is 4.79 Å². The van der Waals surface area contributed by atoms with Gasteiger partial charge in [0.15, 0.2) is 0 Å². The molecule has 0 radical (unpaired) electrons. The molecule has 6 heteroatoms. The third kappa shape index (κ3) is 3.80. The lowest BCUT2D eigenvalue weighted by Crippen LogP contribution is -2.50. The molecule has 0 saturated carbocycles. The molecule has 0 aromatic carbocycles. The van der Waals surface area contributed by atoms with Gasteiger partial charge in [0.25, 0.3) is 0 Å². The van der Waals surface area contributed by atoms with Crippen molar-refractivity contribution in [2.75, 3.05) is 32.7 Å². The Labute approximate surface area is 120 Å². The number of nitrogens with zero attached hydrogens (tertiary/aromatic N) is 3. The van der Waals surface area contributed by atoms with Gasteiger partial charge < -0.3 is 15.2 Å². The first-order valence-electron chi connectivity index (χ1n) is 7.26. The summed E-state index contributed by atoms with van der Waals surface area (Å²) in [5.41, 5.74) is 0. The molecule has 6 nitrogen and oxygen atoms in total.